The van der Waals surface area contributed by atoms with Gasteiger partial charge in [-0.1, -0.05) is 30.3 Å². The predicted molar refractivity (Wildman–Crippen MR) is 112 cm³/mol. The highest BCUT2D eigenvalue weighted by Gasteiger charge is 2.19. The first-order valence-corrected chi connectivity index (χ1v) is 9.37. The third kappa shape index (κ3) is 7.65. The molecule has 0 spiro atoms. The summed E-state index contributed by atoms with van der Waals surface area (Å²) in [5, 5.41) is 6.40. The molecule has 0 fully saturated rings. The molecular weight excluding hydrogens is 370 g/mol. The van der Waals surface area contributed by atoms with Gasteiger partial charge in [0, 0.05) is 5.54 Å². The van der Waals surface area contributed by atoms with Crippen LogP contribution in [0.5, 0.6) is 11.5 Å². The Kier molecular flexibility index (Phi) is 7.77. The van der Waals surface area contributed by atoms with E-state index in [0.717, 1.165) is 5.56 Å². The first-order chi connectivity index (χ1) is 13.8. The van der Waals surface area contributed by atoms with E-state index in [1.807, 2.05) is 37.3 Å². The summed E-state index contributed by atoms with van der Waals surface area (Å²) in [5.41, 5.74) is 3.46. The Bertz CT molecular complexity index is 858. The van der Waals surface area contributed by atoms with Crippen LogP contribution in [-0.2, 0) is 16.2 Å². The van der Waals surface area contributed by atoms with Crippen molar-refractivity contribution in [2.24, 2.45) is 5.10 Å². The Morgan fingerprint density at radius 3 is 2.38 bits per heavy atom. The number of ether oxygens (including phenoxy) is 2. The van der Waals surface area contributed by atoms with Crippen molar-refractivity contribution in [2.45, 2.75) is 39.8 Å². The number of carbonyl (C=O) groups is 2. The number of hydrazone groups is 1. The molecule has 0 aromatic heterocycles. The lowest BCUT2D eigenvalue weighted by atomic mass is 10.1. The van der Waals surface area contributed by atoms with Gasteiger partial charge in [-0.15, -0.1) is 0 Å². The van der Waals surface area contributed by atoms with Gasteiger partial charge in [0.05, 0.1) is 12.8 Å². The molecule has 2 aromatic rings. The molecule has 0 aliphatic rings. The van der Waals surface area contributed by atoms with Crippen LogP contribution in [0.2, 0.25) is 0 Å². The smallest absolute Gasteiger partial charge is 0.329 e. The van der Waals surface area contributed by atoms with Gasteiger partial charge in [-0.05, 0) is 57.0 Å². The van der Waals surface area contributed by atoms with Crippen molar-refractivity contribution < 1.29 is 19.1 Å². The Morgan fingerprint density at radius 2 is 1.72 bits per heavy atom. The Hall–Kier alpha value is -3.35. The van der Waals surface area contributed by atoms with Crippen molar-refractivity contribution >= 4 is 18.0 Å². The van der Waals surface area contributed by atoms with E-state index in [1.54, 1.807) is 39.0 Å². The SMILES string of the molecule is CCOc1cc(/C=N\NC(=O)C(=O)NC(C)(C)C)ccc1OCc1ccccc1. The van der Waals surface area contributed by atoms with Crippen LogP contribution >= 0.6 is 0 Å². The van der Waals surface area contributed by atoms with Crippen LogP contribution in [0, 0.1) is 0 Å². The summed E-state index contributed by atoms with van der Waals surface area (Å²) in [6, 6.07) is 15.2. The van der Waals surface area contributed by atoms with Crippen LogP contribution in [-0.4, -0.2) is 30.2 Å². The van der Waals surface area contributed by atoms with Crippen molar-refractivity contribution in [1.29, 1.82) is 0 Å². The summed E-state index contributed by atoms with van der Waals surface area (Å²) in [6.45, 7) is 8.16. The molecule has 0 atom stereocenters. The number of benzene rings is 2. The molecule has 2 amide bonds. The van der Waals surface area contributed by atoms with Gasteiger partial charge in [0.2, 0.25) is 0 Å². The van der Waals surface area contributed by atoms with Crippen molar-refractivity contribution in [2.75, 3.05) is 6.61 Å². The highest BCUT2D eigenvalue weighted by molar-refractivity contribution is 6.35. The third-order valence-corrected chi connectivity index (χ3v) is 3.58. The van der Waals surface area contributed by atoms with Gasteiger partial charge in [0.25, 0.3) is 0 Å². The van der Waals surface area contributed by atoms with Gasteiger partial charge in [-0.3, -0.25) is 9.59 Å². The second-order valence-corrected chi connectivity index (χ2v) is 7.32. The zero-order valence-electron chi connectivity index (χ0n) is 17.2. The first kappa shape index (κ1) is 21.9. The van der Waals surface area contributed by atoms with E-state index in [9.17, 15) is 9.59 Å². The lowest BCUT2D eigenvalue weighted by molar-refractivity contribution is -0.140. The van der Waals surface area contributed by atoms with Gasteiger partial charge < -0.3 is 14.8 Å². The maximum Gasteiger partial charge on any atom is 0.329 e. The van der Waals surface area contributed by atoms with E-state index in [4.69, 9.17) is 9.47 Å². The Labute approximate surface area is 171 Å². The number of nitrogens with one attached hydrogen (secondary N) is 2. The standard InChI is InChI=1S/C22H27N3O4/c1-5-28-19-13-17(14-23-25-21(27)20(26)24-22(2,3)4)11-12-18(19)29-15-16-9-7-6-8-10-16/h6-14H,5,15H2,1-4H3,(H,24,26)(H,25,27)/b23-14-. The number of carbonyl (C=O) groups excluding carboxylic acids is 2. The fourth-order valence-corrected chi connectivity index (χ4v) is 2.34. The molecule has 0 saturated heterocycles. The molecule has 0 saturated carbocycles. The van der Waals surface area contributed by atoms with Crippen LogP contribution in [0.25, 0.3) is 0 Å². The summed E-state index contributed by atoms with van der Waals surface area (Å²) in [6.07, 6.45) is 1.44. The van der Waals surface area contributed by atoms with Crippen LogP contribution in [0.4, 0.5) is 0 Å². The largest absolute Gasteiger partial charge is 0.490 e. The van der Waals surface area contributed by atoms with Gasteiger partial charge in [0.1, 0.15) is 6.61 Å². The van der Waals surface area contributed by atoms with Gasteiger partial charge in [-0.25, -0.2) is 5.43 Å². The number of hydrogen-bond acceptors (Lipinski definition) is 5. The fourth-order valence-electron chi connectivity index (χ4n) is 2.34. The lowest BCUT2D eigenvalue weighted by Crippen LogP contribution is -2.47. The van der Waals surface area contributed by atoms with E-state index in [0.29, 0.717) is 30.3 Å². The van der Waals surface area contributed by atoms with E-state index in [-0.39, 0.29) is 0 Å². The minimum atomic E-state index is -0.830. The third-order valence-electron chi connectivity index (χ3n) is 3.58. The van der Waals surface area contributed by atoms with Crippen LogP contribution in [0.1, 0.15) is 38.8 Å². The molecule has 7 heteroatoms. The molecule has 2 rings (SSSR count). The van der Waals surface area contributed by atoms with Crippen LogP contribution < -0.4 is 20.2 Å². The maximum absolute atomic E-state index is 11.8. The zero-order chi connectivity index (χ0) is 21.3. The minimum absolute atomic E-state index is 0.424. The van der Waals surface area contributed by atoms with Gasteiger partial charge >= 0.3 is 11.8 Å². The van der Waals surface area contributed by atoms with E-state index < -0.39 is 17.4 Å². The number of amides is 2. The molecule has 154 valence electrons. The summed E-state index contributed by atoms with van der Waals surface area (Å²) >= 11 is 0. The van der Waals surface area contributed by atoms with Crippen LogP contribution in [0.3, 0.4) is 0 Å². The van der Waals surface area contributed by atoms with Crippen molar-refractivity contribution in [3.63, 3.8) is 0 Å². The average molecular weight is 397 g/mol. The van der Waals surface area contributed by atoms with Crippen molar-refractivity contribution in [1.82, 2.24) is 10.7 Å². The number of nitrogens with zero attached hydrogens (tertiary/aromatic N) is 1. The molecule has 0 radical (unpaired) electrons. The van der Waals surface area contributed by atoms with Gasteiger partial charge in [0.15, 0.2) is 11.5 Å². The first-order valence-electron chi connectivity index (χ1n) is 9.37. The normalized spacial score (nSPS) is 11.2. The second-order valence-electron chi connectivity index (χ2n) is 7.32. The second kappa shape index (κ2) is 10.3. The molecule has 0 aliphatic heterocycles. The zero-order valence-corrected chi connectivity index (χ0v) is 17.2. The van der Waals surface area contributed by atoms with E-state index in [1.165, 1.54) is 6.21 Å². The molecule has 2 N–H and O–H groups in total. The Morgan fingerprint density at radius 1 is 1.00 bits per heavy atom. The Balaban J connectivity index is 2.00. The van der Waals surface area contributed by atoms with Gasteiger partial charge in [-0.2, -0.15) is 5.10 Å². The molecule has 29 heavy (non-hydrogen) atoms. The molecule has 0 bridgehead atoms. The summed E-state index contributed by atoms with van der Waals surface area (Å²) < 4.78 is 11.5. The molecule has 2 aromatic carbocycles. The van der Waals surface area contributed by atoms with Crippen molar-refractivity contribution in [3.8, 4) is 11.5 Å². The lowest BCUT2D eigenvalue weighted by Gasteiger charge is -2.19. The van der Waals surface area contributed by atoms with E-state index >= 15 is 0 Å². The summed E-state index contributed by atoms with van der Waals surface area (Å²) in [5.74, 6) is -0.385. The molecule has 0 unspecified atom stereocenters. The number of hydrogen-bond donors (Lipinski definition) is 2. The minimum Gasteiger partial charge on any atom is -0.490 e. The maximum atomic E-state index is 11.8. The summed E-state index contributed by atoms with van der Waals surface area (Å²) in [4.78, 5) is 23.5. The molecule has 0 heterocycles. The van der Waals surface area contributed by atoms with E-state index in [2.05, 4.69) is 15.8 Å². The highest BCUT2D eigenvalue weighted by atomic mass is 16.5. The topological polar surface area (TPSA) is 89.0 Å². The molecule has 0 aliphatic carbocycles. The average Bonchev–Trinajstić information content (AvgIpc) is 2.67. The monoisotopic (exact) mass is 397 g/mol. The highest BCUT2D eigenvalue weighted by Crippen LogP contribution is 2.28. The summed E-state index contributed by atoms with van der Waals surface area (Å²) in [7, 11) is 0. The fraction of sp³-hybridized carbons (Fsp3) is 0.318. The molecule has 7 nitrogen and oxygen atoms in total. The number of rotatable bonds is 7. The quantitative estimate of drug-likeness (QED) is 0.427. The predicted octanol–water partition coefficient (Wildman–Crippen LogP) is 3.03. The molecular formula is C22H27N3O4. The van der Waals surface area contributed by atoms with Crippen LogP contribution in [0.15, 0.2) is 53.6 Å². The van der Waals surface area contributed by atoms with Crippen molar-refractivity contribution in [3.05, 3.63) is 59.7 Å².